The normalized spacial score (nSPS) is 11.3. The highest BCUT2D eigenvalue weighted by atomic mass is 16.9. The molecule has 26 heavy (non-hydrogen) atoms. The van der Waals surface area contributed by atoms with Crippen molar-refractivity contribution in [3.8, 4) is 11.5 Å². The first-order valence-electron chi connectivity index (χ1n) is 9.81. The summed E-state index contributed by atoms with van der Waals surface area (Å²) in [6.45, 7) is 2.24. The SMILES string of the molecule is CCCCCCCCCC(OC)(Oc1ccccc1)Oc1ccccc1. The lowest BCUT2D eigenvalue weighted by Gasteiger charge is -2.32. The molecule has 0 bridgehead atoms. The van der Waals surface area contributed by atoms with Crippen LogP contribution in [0, 0.1) is 0 Å². The van der Waals surface area contributed by atoms with E-state index in [9.17, 15) is 0 Å². The summed E-state index contributed by atoms with van der Waals surface area (Å²) in [7, 11) is 1.65. The number of unbranched alkanes of at least 4 members (excludes halogenated alkanes) is 6. The molecule has 2 rings (SSSR count). The Morgan fingerprint density at radius 3 is 1.58 bits per heavy atom. The molecule has 3 nitrogen and oxygen atoms in total. The Hall–Kier alpha value is -2.00. The number of ether oxygens (including phenoxy) is 3. The van der Waals surface area contributed by atoms with E-state index in [4.69, 9.17) is 14.2 Å². The smallest absolute Gasteiger partial charge is 0.371 e. The van der Waals surface area contributed by atoms with Crippen molar-refractivity contribution in [1.82, 2.24) is 0 Å². The predicted molar refractivity (Wildman–Crippen MR) is 106 cm³/mol. The van der Waals surface area contributed by atoms with Gasteiger partial charge in [-0.2, -0.15) is 0 Å². The van der Waals surface area contributed by atoms with Crippen LogP contribution in [0.25, 0.3) is 0 Å². The Kier molecular flexibility index (Phi) is 9.05. The van der Waals surface area contributed by atoms with Gasteiger partial charge in [0, 0.05) is 7.11 Å². The highest BCUT2D eigenvalue weighted by Crippen LogP contribution is 2.28. The van der Waals surface area contributed by atoms with Gasteiger partial charge in [0.05, 0.1) is 6.42 Å². The zero-order chi connectivity index (χ0) is 18.5. The zero-order valence-corrected chi connectivity index (χ0v) is 16.2. The maximum Gasteiger partial charge on any atom is 0.371 e. The highest BCUT2D eigenvalue weighted by molar-refractivity contribution is 5.23. The van der Waals surface area contributed by atoms with Crippen LogP contribution in [0.1, 0.15) is 58.3 Å². The summed E-state index contributed by atoms with van der Waals surface area (Å²) in [6.07, 6.45) is 9.32. The van der Waals surface area contributed by atoms with Crippen molar-refractivity contribution in [2.45, 2.75) is 64.3 Å². The molecular weight excluding hydrogens is 324 g/mol. The van der Waals surface area contributed by atoms with Crippen molar-refractivity contribution in [1.29, 1.82) is 0 Å². The minimum Gasteiger partial charge on any atom is -0.430 e. The molecule has 0 atom stereocenters. The van der Waals surface area contributed by atoms with Gasteiger partial charge in [0.15, 0.2) is 0 Å². The second-order valence-electron chi connectivity index (χ2n) is 6.59. The van der Waals surface area contributed by atoms with Gasteiger partial charge in [-0.05, 0) is 30.7 Å². The van der Waals surface area contributed by atoms with Crippen molar-refractivity contribution in [3.05, 3.63) is 60.7 Å². The summed E-state index contributed by atoms with van der Waals surface area (Å²) in [5.41, 5.74) is 0. The standard InChI is InChI=1S/C23H32O3/c1-3-4-5-6-7-8-15-20-23(24-2,25-21-16-11-9-12-17-21)26-22-18-13-10-14-19-22/h9-14,16-19H,3-8,15,20H2,1-2H3. The first kappa shape index (κ1) is 20.3. The van der Waals surface area contributed by atoms with E-state index in [0.717, 1.165) is 24.3 Å². The number of benzene rings is 2. The number of methoxy groups -OCH3 is 1. The van der Waals surface area contributed by atoms with Crippen LogP contribution in [-0.2, 0) is 4.74 Å². The third-order valence-electron chi connectivity index (χ3n) is 4.43. The number of hydrogen-bond donors (Lipinski definition) is 0. The average molecular weight is 357 g/mol. The maximum absolute atomic E-state index is 6.16. The van der Waals surface area contributed by atoms with Crippen LogP contribution in [0.5, 0.6) is 11.5 Å². The summed E-state index contributed by atoms with van der Waals surface area (Å²) >= 11 is 0. The molecule has 0 saturated heterocycles. The third-order valence-corrected chi connectivity index (χ3v) is 4.43. The molecular formula is C23H32O3. The van der Waals surface area contributed by atoms with Crippen LogP contribution >= 0.6 is 0 Å². The third kappa shape index (κ3) is 7.09. The van der Waals surface area contributed by atoms with E-state index >= 15 is 0 Å². The van der Waals surface area contributed by atoms with Crippen molar-refractivity contribution in [3.63, 3.8) is 0 Å². The van der Waals surface area contributed by atoms with Crippen molar-refractivity contribution in [2.24, 2.45) is 0 Å². The van der Waals surface area contributed by atoms with Crippen LogP contribution in [0.15, 0.2) is 60.7 Å². The lowest BCUT2D eigenvalue weighted by molar-refractivity contribution is -0.293. The van der Waals surface area contributed by atoms with Crippen LogP contribution in [-0.4, -0.2) is 13.1 Å². The molecule has 0 spiro atoms. The molecule has 0 aliphatic heterocycles. The largest absolute Gasteiger partial charge is 0.430 e. The maximum atomic E-state index is 6.16. The molecule has 0 fully saturated rings. The van der Waals surface area contributed by atoms with Gasteiger partial charge < -0.3 is 14.2 Å². The molecule has 0 aromatic heterocycles. The van der Waals surface area contributed by atoms with Crippen LogP contribution in [0.4, 0.5) is 0 Å². The lowest BCUT2D eigenvalue weighted by atomic mass is 10.1. The molecule has 0 N–H and O–H groups in total. The Bertz CT molecular complexity index is 541. The number of hydrogen-bond acceptors (Lipinski definition) is 3. The molecule has 0 aliphatic rings. The molecule has 0 aliphatic carbocycles. The molecule has 142 valence electrons. The van der Waals surface area contributed by atoms with Crippen molar-refractivity contribution >= 4 is 0 Å². The van der Waals surface area contributed by atoms with Crippen molar-refractivity contribution in [2.75, 3.05) is 7.11 Å². The fourth-order valence-corrected chi connectivity index (χ4v) is 2.94. The minimum atomic E-state index is -1.11. The predicted octanol–water partition coefficient (Wildman–Crippen LogP) is 6.59. The van der Waals surface area contributed by atoms with Gasteiger partial charge >= 0.3 is 5.97 Å². The summed E-state index contributed by atoms with van der Waals surface area (Å²) in [6, 6.07) is 19.4. The van der Waals surface area contributed by atoms with Gasteiger partial charge in [-0.3, -0.25) is 0 Å². The van der Waals surface area contributed by atoms with E-state index in [0.29, 0.717) is 6.42 Å². The average Bonchev–Trinajstić information content (AvgIpc) is 2.69. The first-order chi connectivity index (χ1) is 12.8. The van der Waals surface area contributed by atoms with E-state index in [-0.39, 0.29) is 0 Å². The molecule has 0 radical (unpaired) electrons. The first-order valence-corrected chi connectivity index (χ1v) is 9.81. The monoisotopic (exact) mass is 356 g/mol. The Morgan fingerprint density at radius 1 is 0.654 bits per heavy atom. The minimum absolute atomic E-state index is 0.682. The Labute approximate surface area is 158 Å². The second kappa shape index (κ2) is 11.6. The summed E-state index contributed by atoms with van der Waals surface area (Å²) in [4.78, 5) is 0. The molecule has 0 saturated carbocycles. The van der Waals surface area contributed by atoms with Crippen LogP contribution in [0.3, 0.4) is 0 Å². The fourth-order valence-electron chi connectivity index (χ4n) is 2.94. The highest BCUT2D eigenvalue weighted by Gasteiger charge is 2.35. The van der Waals surface area contributed by atoms with Crippen LogP contribution in [0.2, 0.25) is 0 Å². The Morgan fingerprint density at radius 2 is 1.12 bits per heavy atom. The van der Waals surface area contributed by atoms with E-state index in [1.807, 2.05) is 60.7 Å². The lowest BCUT2D eigenvalue weighted by Crippen LogP contribution is -2.44. The summed E-state index contributed by atoms with van der Waals surface area (Å²) < 4.78 is 18.1. The number of rotatable bonds is 13. The molecule has 2 aromatic carbocycles. The molecule has 3 heteroatoms. The van der Waals surface area contributed by atoms with E-state index in [1.54, 1.807) is 7.11 Å². The molecule has 0 heterocycles. The fraction of sp³-hybridized carbons (Fsp3) is 0.478. The quantitative estimate of drug-likeness (QED) is 0.299. The van der Waals surface area contributed by atoms with Gasteiger partial charge in [0.25, 0.3) is 0 Å². The topological polar surface area (TPSA) is 27.7 Å². The van der Waals surface area contributed by atoms with Crippen molar-refractivity contribution < 1.29 is 14.2 Å². The van der Waals surface area contributed by atoms with Gasteiger partial charge in [-0.15, -0.1) is 0 Å². The van der Waals surface area contributed by atoms with Gasteiger partial charge in [0.1, 0.15) is 11.5 Å². The second-order valence-corrected chi connectivity index (χ2v) is 6.59. The van der Waals surface area contributed by atoms with E-state index in [1.165, 1.54) is 32.1 Å². The van der Waals surface area contributed by atoms with Gasteiger partial charge in [-0.1, -0.05) is 81.8 Å². The van der Waals surface area contributed by atoms with E-state index in [2.05, 4.69) is 6.92 Å². The zero-order valence-electron chi connectivity index (χ0n) is 16.2. The molecule has 0 unspecified atom stereocenters. The molecule has 2 aromatic rings. The summed E-state index contributed by atoms with van der Waals surface area (Å²) in [5, 5.41) is 0. The van der Waals surface area contributed by atoms with E-state index < -0.39 is 5.97 Å². The summed E-state index contributed by atoms with van der Waals surface area (Å²) in [5.74, 6) is 0.382. The van der Waals surface area contributed by atoms with Gasteiger partial charge in [0.2, 0.25) is 0 Å². The van der Waals surface area contributed by atoms with Gasteiger partial charge in [-0.25, -0.2) is 0 Å². The number of para-hydroxylation sites is 2. The molecule has 0 amide bonds. The van der Waals surface area contributed by atoms with Crippen LogP contribution < -0.4 is 9.47 Å². The Balaban J connectivity index is 1.97.